The maximum Gasteiger partial charge on any atom is 0.296 e. The first-order valence-electron chi connectivity index (χ1n) is 10.9. The minimum atomic E-state index is -0.874. The van der Waals surface area contributed by atoms with Crippen molar-refractivity contribution < 1.29 is 14.7 Å². The normalized spacial score (nSPS) is 15.6. The van der Waals surface area contributed by atoms with Crippen LogP contribution in [-0.2, 0) is 10.5 Å². The van der Waals surface area contributed by atoms with Crippen LogP contribution in [0.2, 0.25) is 5.02 Å². The summed E-state index contributed by atoms with van der Waals surface area (Å²) >= 11 is 13.4. The molecule has 1 aliphatic heterocycles. The minimum absolute atomic E-state index is 0.000386. The van der Waals surface area contributed by atoms with Gasteiger partial charge in [-0.2, -0.15) is 0 Å². The second kappa shape index (κ2) is 10.7. The van der Waals surface area contributed by atoms with Crippen molar-refractivity contribution in [1.82, 2.24) is 15.2 Å². The highest BCUT2D eigenvalue weighted by atomic mass is 79.9. The number of aryl methyl sites for hydroxylation is 2. The highest BCUT2D eigenvalue weighted by Crippen LogP contribution is 2.45. The number of amides is 1. The van der Waals surface area contributed by atoms with Crippen molar-refractivity contribution in [1.29, 1.82) is 0 Å². The van der Waals surface area contributed by atoms with Gasteiger partial charge in [0.05, 0.1) is 27.2 Å². The van der Waals surface area contributed by atoms with Gasteiger partial charge in [0.25, 0.3) is 5.91 Å². The Kier molecular flexibility index (Phi) is 7.51. The van der Waals surface area contributed by atoms with Gasteiger partial charge >= 0.3 is 0 Å². The quantitative estimate of drug-likeness (QED) is 0.132. The number of hydrogen-bond acceptors (Lipinski definition) is 9. The summed E-state index contributed by atoms with van der Waals surface area (Å²) in [6, 6.07) is 13.9. The molecule has 0 radical (unpaired) electrons. The van der Waals surface area contributed by atoms with E-state index in [0.717, 1.165) is 15.0 Å². The van der Waals surface area contributed by atoms with E-state index in [4.69, 9.17) is 11.6 Å². The molecule has 0 bridgehead atoms. The maximum atomic E-state index is 13.7. The van der Waals surface area contributed by atoms with E-state index in [1.165, 1.54) is 39.3 Å². The first kappa shape index (κ1) is 26.1. The first-order chi connectivity index (χ1) is 17.7. The number of aliphatic hydroxyl groups is 1. The van der Waals surface area contributed by atoms with Gasteiger partial charge in [-0.25, -0.2) is 4.98 Å². The predicted molar refractivity (Wildman–Crippen MR) is 151 cm³/mol. The Morgan fingerprint density at radius 1 is 1.16 bits per heavy atom. The molecule has 0 saturated heterocycles. The third kappa shape index (κ3) is 5.23. The van der Waals surface area contributed by atoms with Gasteiger partial charge < -0.3 is 5.11 Å². The van der Waals surface area contributed by atoms with Crippen LogP contribution in [0.25, 0.3) is 0 Å². The van der Waals surface area contributed by atoms with Crippen LogP contribution in [0.3, 0.4) is 0 Å². The van der Waals surface area contributed by atoms with E-state index in [2.05, 4.69) is 31.1 Å². The van der Waals surface area contributed by atoms with E-state index >= 15 is 0 Å². The second-order valence-electron chi connectivity index (χ2n) is 8.14. The standard InChI is InChI=1S/C25H18BrClN4O3S3/c1-12-22(36-13(2)28-12)20(32)18-19(15-4-3-5-16(26)10-15)31(23(34)21(18)33)24-29-30-25(37-24)35-11-14-6-8-17(27)9-7-14/h3-10,19,33H,11H2,1-2H3. The Morgan fingerprint density at radius 2 is 1.92 bits per heavy atom. The third-order valence-corrected chi connectivity index (χ3v) is 9.55. The summed E-state index contributed by atoms with van der Waals surface area (Å²) in [5.74, 6) is -1.07. The summed E-state index contributed by atoms with van der Waals surface area (Å²) in [6.07, 6.45) is 0. The van der Waals surface area contributed by atoms with Gasteiger partial charge in [-0.1, -0.05) is 74.9 Å². The summed E-state index contributed by atoms with van der Waals surface area (Å²) in [6.45, 7) is 3.55. The molecular formula is C25H18BrClN4O3S3. The number of thioether (sulfide) groups is 1. The topological polar surface area (TPSA) is 96.3 Å². The van der Waals surface area contributed by atoms with Crippen LogP contribution >= 0.6 is 62.0 Å². The Labute approximate surface area is 238 Å². The number of benzene rings is 2. The van der Waals surface area contributed by atoms with E-state index < -0.39 is 23.5 Å². The molecule has 12 heteroatoms. The van der Waals surface area contributed by atoms with Crippen molar-refractivity contribution >= 4 is 78.8 Å². The number of anilines is 1. The summed E-state index contributed by atoms with van der Waals surface area (Å²) < 4.78 is 1.43. The van der Waals surface area contributed by atoms with E-state index in [1.807, 2.05) is 55.5 Å². The van der Waals surface area contributed by atoms with E-state index in [-0.39, 0.29) is 5.57 Å². The number of rotatable bonds is 7. The Balaban J connectivity index is 1.51. The number of carbonyl (C=O) groups is 2. The molecule has 2 aromatic carbocycles. The number of thiazole rings is 1. The van der Waals surface area contributed by atoms with Crippen LogP contribution < -0.4 is 4.90 Å². The van der Waals surface area contributed by atoms with Crippen molar-refractivity contribution in [3.8, 4) is 0 Å². The van der Waals surface area contributed by atoms with Crippen molar-refractivity contribution in [3.63, 3.8) is 0 Å². The number of Topliss-reactive ketones (excluding diaryl/α,β-unsaturated/α-hetero) is 1. The number of aromatic nitrogens is 3. The summed E-state index contributed by atoms with van der Waals surface area (Å²) in [5.41, 5.74) is 2.28. The van der Waals surface area contributed by atoms with Crippen LogP contribution in [0.1, 0.15) is 37.5 Å². The first-order valence-corrected chi connectivity index (χ1v) is 14.7. The van der Waals surface area contributed by atoms with Gasteiger partial charge in [0.15, 0.2) is 10.1 Å². The average molecular weight is 634 g/mol. The molecule has 37 heavy (non-hydrogen) atoms. The molecule has 0 saturated carbocycles. The highest BCUT2D eigenvalue weighted by Gasteiger charge is 2.46. The lowest BCUT2D eigenvalue weighted by Crippen LogP contribution is -2.31. The molecule has 188 valence electrons. The van der Waals surface area contributed by atoms with Crippen LogP contribution in [0.5, 0.6) is 0 Å². The zero-order chi connectivity index (χ0) is 26.3. The highest BCUT2D eigenvalue weighted by molar-refractivity contribution is 9.10. The smallest absolute Gasteiger partial charge is 0.296 e. The number of carbonyl (C=O) groups excluding carboxylic acids is 2. The van der Waals surface area contributed by atoms with Gasteiger partial charge in [-0.05, 0) is 49.2 Å². The number of hydrogen-bond donors (Lipinski definition) is 1. The largest absolute Gasteiger partial charge is 0.503 e. The van der Waals surface area contributed by atoms with Gasteiger partial charge in [0.2, 0.25) is 10.9 Å². The fourth-order valence-electron chi connectivity index (χ4n) is 3.97. The predicted octanol–water partition coefficient (Wildman–Crippen LogP) is 7.10. The van der Waals surface area contributed by atoms with Crippen molar-refractivity contribution in [2.45, 2.75) is 30.0 Å². The zero-order valence-corrected chi connectivity index (χ0v) is 24.2. The SMILES string of the molecule is Cc1nc(C)c(C(=O)C2=C(O)C(=O)N(c3nnc(SCc4ccc(Cl)cc4)s3)C2c2cccc(Br)c2)s1. The molecule has 2 aromatic heterocycles. The molecule has 5 rings (SSSR count). The Bertz CT molecular complexity index is 1550. The van der Waals surface area contributed by atoms with E-state index in [1.54, 1.807) is 6.92 Å². The monoisotopic (exact) mass is 632 g/mol. The zero-order valence-electron chi connectivity index (χ0n) is 19.4. The molecule has 0 spiro atoms. The number of nitrogens with zero attached hydrogens (tertiary/aromatic N) is 4. The van der Waals surface area contributed by atoms with E-state index in [0.29, 0.717) is 36.4 Å². The lowest BCUT2D eigenvalue weighted by molar-refractivity contribution is -0.117. The molecule has 0 fully saturated rings. The lowest BCUT2D eigenvalue weighted by atomic mass is 9.95. The molecular weight excluding hydrogens is 616 g/mol. The molecule has 1 amide bonds. The van der Waals surface area contributed by atoms with Gasteiger partial charge in [0.1, 0.15) is 0 Å². The van der Waals surface area contributed by atoms with Gasteiger partial charge in [0, 0.05) is 15.2 Å². The molecule has 7 nitrogen and oxygen atoms in total. The minimum Gasteiger partial charge on any atom is -0.503 e. The van der Waals surface area contributed by atoms with Gasteiger partial charge in [-0.3, -0.25) is 14.5 Å². The Morgan fingerprint density at radius 3 is 2.59 bits per heavy atom. The summed E-state index contributed by atoms with van der Waals surface area (Å²) in [7, 11) is 0. The number of aliphatic hydroxyl groups excluding tert-OH is 1. The van der Waals surface area contributed by atoms with Crippen molar-refractivity contribution in [3.05, 3.63) is 96.1 Å². The fraction of sp³-hybridized carbons (Fsp3) is 0.160. The molecule has 1 N–H and O–H groups in total. The molecule has 1 aliphatic rings. The molecule has 4 aromatic rings. The van der Waals surface area contributed by atoms with Crippen LogP contribution in [0, 0.1) is 13.8 Å². The third-order valence-electron chi connectivity index (χ3n) is 5.60. The van der Waals surface area contributed by atoms with E-state index in [9.17, 15) is 14.7 Å². The number of ketones is 1. The lowest BCUT2D eigenvalue weighted by Gasteiger charge is -2.24. The second-order valence-corrected chi connectivity index (χ2v) is 12.9. The van der Waals surface area contributed by atoms with Crippen LogP contribution in [-0.4, -0.2) is 32.0 Å². The Hall–Kier alpha value is -2.57. The average Bonchev–Trinajstić information content (AvgIpc) is 3.54. The van der Waals surface area contributed by atoms with Crippen LogP contribution in [0.4, 0.5) is 5.13 Å². The molecule has 1 unspecified atom stereocenters. The maximum absolute atomic E-state index is 13.7. The summed E-state index contributed by atoms with van der Waals surface area (Å²) in [5, 5.41) is 21.2. The number of halogens is 2. The molecule has 3 heterocycles. The molecule has 0 aliphatic carbocycles. The molecule has 1 atom stereocenters. The fourth-order valence-corrected chi connectivity index (χ4v) is 7.22. The van der Waals surface area contributed by atoms with Gasteiger partial charge in [-0.15, -0.1) is 21.5 Å². The summed E-state index contributed by atoms with van der Waals surface area (Å²) in [4.78, 5) is 33.2. The van der Waals surface area contributed by atoms with Crippen molar-refractivity contribution in [2.24, 2.45) is 0 Å². The van der Waals surface area contributed by atoms with Crippen LogP contribution in [0.15, 0.2) is 68.7 Å². The van der Waals surface area contributed by atoms with Crippen molar-refractivity contribution in [2.75, 3.05) is 4.90 Å².